The molecule has 2 saturated carbocycles. The Balaban J connectivity index is 1.29. The molecule has 0 bridgehead atoms. The molecule has 0 radical (unpaired) electrons. The minimum atomic E-state index is -4.07. The van der Waals surface area contributed by atoms with Gasteiger partial charge < -0.3 is 24.8 Å². The number of carboxylic acid groups (broad SMARTS) is 1. The normalized spacial score (nSPS) is 29.0. The van der Waals surface area contributed by atoms with Gasteiger partial charge in [-0.05, 0) is 82.4 Å². The second kappa shape index (κ2) is 15.0. The number of fused-ring (bicyclic) bond motifs is 5. The van der Waals surface area contributed by atoms with Crippen LogP contribution >= 0.6 is 0 Å². The molecule has 1 aromatic carbocycles. The predicted molar refractivity (Wildman–Crippen MR) is 204 cm³/mol. The summed E-state index contributed by atoms with van der Waals surface area (Å²) < 4.78 is 69.0. The van der Waals surface area contributed by atoms with Crippen molar-refractivity contribution in [1.82, 2.24) is 24.8 Å². The molecule has 14 nitrogen and oxygen atoms in total. The number of alkyl halides is 2. The molecule has 3 N–H and O–H groups in total. The number of hydrogen-bond donors (Lipinski definition) is 3. The molecule has 0 unspecified atom stereocenters. The molecule has 1 spiro atoms. The van der Waals surface area contributed by atoms with E-state index in [2.05, 4.69) is 15.0 Å². The van der Waals surface area contributed by atoms with Gasteiger partial charge in [0, 0.05) is 29.8 Å². The minimum absolute atomic E-state index is 0.0481. The summed E-state index contributed by atoms with van der Waals surface area (Å²) in [6.07, 6.45) is 3.25. The number of carbonyl (C=O) groups is 4. The van der Waals surface area contributed by atoms with E-state index in [-0.39, 0.29) is 56.9 Å². The van der Waals surface area contributed by atoms with Gasteiger partial charge in [-0.15, -0.1) is 0 Å². The zero-order chi connectivity index (χ0) is 41.1. The van der Waals surface area contributed by atoms with E-state index in [4.69, 9.17) is 9.47 Å². The first-order chi connectivity index (χ1) is 26.9. The van der Waals surface area contributed by atoms with Crippen LogP contribution in [0, 0.1) is 11.8 Å². The zero-order valence-corrected chi connectivity index (χ0v) is 33.5. The fourth-order valence-electron chi connectivity index (χ4n) is 8.68. The third-order valence-corrected chi connectivity index (χ3v) is 14.6. The first kappa shape index (κ1) is 40.6. The number of sulfonamides is 1. The fraction of sp³-hybridized carbons (Fsp3) is 0.625. The lowest BCUT2D eigenvalue weighted by Gasteiger charge is -2.37. The van der Waals surface area contributed by atoms with E-state index < -0.39 is 79.8 Å². The van der Waals surface area contributed by atoms with E-state index in [0.29, 0.717) is 60.7 Å². The molecule has 2 aromatic rings. The van der Waals surface area contributed by atoms with E-state index in [0.717, 1.165) is 4.90 Å². The molecule has 5 aliphatic rings. The Labute approximate surface area is 330 Å². The lowest BCUT2D eigenvalue weighted by Crippen LogP contribution is -2.59. The maximum atomic E-state index is 14.9. The minimum Gasteiger partial charge on any atom is -0.497 e. The van der Waals surface area contributed by atoms with E-state index in [1.54, 1.807) is 31.2 Å². The van der Waals surface area contributed by atoms with Crippen molar-refractivity contribution in [2.45, 2.75) is 126 Å². The van der Waals surface area contributed by atoms with Crippen LogP contribution in [0.15, 0.2) is 30.4 Å². The first-order valence-corrected chi connectivity index (χ1v) is 21.2. The number of carbonyl (C=O) groups excluding carboxylic acids is 3. The Morgan fingerprint density at radius 2 is 1.91 bits per heavy atom. The highest BCUT2D eigenvalue weighted by molar-refractivity contribution is 7.91. The number of halogens is 2. The smallest absolute Gasteiger partial charge is 0.407 e. The summed E-state index contributed by atoms with van der Waals surface area (Å²) in [5.41, 5.74) is -2.77. The molecule has 4 amide bonds. The molecule has 4 heterocycles. The summed E-state index contributed by atoms with van der Waals surface area (Å²) in [4.78, 5) is 63.0. The number of rotatable bonds is 8. The zero-order valence-electron chi connectivity index (χ0n) is 32.7. The number of aryl methyl sites for hydroxylation is 1. The highest BCUT2D eigenvalue weighted by Gasteiger charge is 2.64. The van der Waals surface area contributed by atoms with Crippen molar-refractivity contribution in [3.8, 4) is 11.5 Å². The maximum absolute atomic E-state index is 14.9. The molecular weight excluding hydrogens is 765 g/mol. The van der Waals surface area contributed by atoms with Gasteiger partial charge in [0.05, 0.1) is 23.9 Å². The molecule has 3 fully saturated rings. The highest BCUT2D eigenvalue weighted by Crippen LogP contribution is 2.50. The van der Waals surface area contributed by atoms with Crippen LogP contribution in [0.2, 0.25) is 0 Å². The van der Waals surface area contributed by atoms with Crippen molar-refractivity contribution >= 4 is 44.7 Å². The van der Waals surface area contributed by atoms with Crippen LogP contribution in [0.3, 0.4) is 0 Å². The molecule has 310 valence electrons. The van der Waals surface area contributed by atoms with E-state index in [1.807, 2.05) is 19.9 Å². The maximum Gasteiger partial charge on any atom is 0.407 e. The summed E-state index contributed by atoms with van der Waals surface area (Å²) in [7, 11) is -2.58. The number of pyridine rings is 1. The third-order valence-electron chi connectivity index (χ3n) is 12.4. The Bertz CT molecular complexity index is 2110. The number of methoxy groups -OCH3 is 1. The summed E-state index contributed by atoms with van der Waals surface area (Å²) in [5, 5.41) is 13.8. The number of aromatic nitrogens is 1. The monoisotopic (exact) mass is 815 g/mol. The number of benzene rings is 1. The van der Waals surface area contributed by atoms with E-state index in [1.165, 1.54) is 12.0 Å². The van der Waals surface area contributed by atoms with E-state index >= 15 is 0 Å². The molecule has 1 aromatic heterocycles. The van der Waals surface area contributed by atoms with Gasteiger partial charge in [-0.2, -0.15) is 0 Å². The molecule has 57 heavy (non-hydrogen) atoms. The Hall–Kier alpha value is -4.54. The Morgan fingerprint density at radius 3 is 2.58 bits per heavy atom. The van der Waals surface area contributed by atoms with Crippen molar-refractivity contribution in [1.29, 1.82) is 0 Å². The van der Waals surface area contributed by atoms with Crippen molar-refractivity contribution in [2.24, 2.45) is 11.8 Å². The van der Waals surface area contributed by atoms with Gasteiger partial charge in [0.15, 0.2) is 5.75 Å². The molecule has 5 atom stereocenters. The summed E-state index contributed by atoms with van der Waals surface area (Å²) in [6, 6.07) is 2.42. The Kier molecular flexibility index (Phi) is 10.7. The van der Waals surface area contributed by atoms with Crippen LogP contribution in [0.1, 0.15) is 103 Å². The highest BCUT2D eigenvalue weighted by atomic mass is 32.2. The molecule has 3 aliphatic heterocycles. The molecular formula is C40H51F2N5O9S. The quantitative estimate of drug-likeness (QED) is 0.298. The van der Waals surface area contributed by atoms with Crippen molar-refractivity contribution in [3.05, 3.63) is 41.6 Å². The number of ether oxygens (including phenoxy) is 2. The Morgan fingerprint density at radius 1 is 1.16 bits per heavy atom. The largest absolute Gasteiger partial charge is 0.497 e. The van der Waals surface area contributed by atoms with E-state index in [9.17, 15) is 41.5 Å². The summed E-state index contributed by atoms with van der Waals surface area (Å²) in [5.74, 6) is -2.58. The fourth-order valence-corrected chi connectivity index (χ4v) is 9.99. The van der Waals surface area contributed by atoms with Crippen LogP contribution in [-0.2, 0) is 30.8 Å². The van der Waals surface area contributed by atoms with Gasteiger partial charge >= 0.3 is 6.09 Å². The number of allylic oxidation sites excluding steroid dienone is 1. The SMILES string of the molecule is COc1ccc2nc(C(F)F)c3c(c2c1)CC[C@]1(C[C@H]2C(=O)N[C@]4(C(=O)NS(=O)(=O)C5(C)CC5)C[C@H]4/C=C\CCCCC[C@H](N(CC(C)C)C(=O)O)C(=O)N2C1)O3. The standard InChI is InChI=1S/C40H51F2N5O9S/c1-23(2)21-46(37(51)52)29-11-9-7-5-6-8-10-24-19-40(24,36(50)45-57(53,54)38(3)16-17-38)44-34(48)30-20-39(22-47(30)35(29)49)15-14-26-27-18-25(55-4)12-13-28(27)43-31(33(41)42)32(26)56-39/h8,10,12-13,18,23-24,29-30,33H,5-7,9,11,14-17,19-22H2,1-4H3,(H,44,48)(H,45,50)(H,51,52)/b10-8-/t24-,29+,30+,39-,40-/m1/s1. The molecule has 2 aliphatic carbocycles. The van der Waals surface area contributed by atoms with Crippen LogP contribution in [0.4, 0.5) is 13.6 Å². The van der Waals surface area contributed by atoms with Crippen molar-refractivity contribution < 1.29 is 51.0 Å². The third kappa shape index (κ3) is 7.63. The van der Waals surface area contributed by atoms with Gasteiger partial charge in [0.2, 0.25) is 21.8 Å². The lowest BCUT2D eigenvalue weighted by molar-refractivity contribution is -0.143. The summed E-state index contributed by atoms with van der Waals surface area (Å²) in [6.45, 7) is 5.04. The number of nitrogens with one attached hydrogen (secondary N) is 2. The topological polar surface area (TPSA) is 185 Å². The number of hydrogen-bond acceptors (Lipinski definition) is 9. The first-order valence-electron chi connectivity index (χ1n) is 19.8. The van der Waals surface area contributed by atoms with Crippen LogP contribution in [-0.4, -0.2) is 100 Å². The lowest BCUT2D eigenvalue weighted by atomic mass is 9.87. The number of amides is 4. The van der Waals surface area contributed by atoms with Crippen LogP contribution in [0.25, 0.3) is 10.9 Å². The van der Waals surface area contributed by atoms with Gasteiger partial charge in [0.1, 0.15) is 34.7 Å². The molecule has 1 saturated heterocycles. The molecule has 17 heteroatoms. The summed E-state index contributed by atoms with van der Waals surface area (Å²) >= 11 is 0. The second-order valence-electron chi connectivity index (χ2n) is 17.0. The molecule has 7 rings (SSSR count). The predicted octanol–water partition coefficient (Wildman–Crippen LogP) is 5.24. The average Bonchev–Trinajstić information content (AvgIpc) is 4.05. The number of nitrogens with zero attached hydrogens (tertiary/aromatic N) is 3. The van der Waals surface area contributed by atoms with Gasteiger partial charge in [-0.1, -0.05) is 38.8 Å². The van der Waals surface area contributed by atoms with Crippen LogP contribution < -0.4 is 19.5 Å². The van der Waals surface area contributed by atoms with Gasteiger partial charge in [0.25, 0.3) is 12.3 Å². The van der Waals surface area contributed by atoms with Crippen molar-refractivity contribution in [2.75, 3.05) is 20.2 Å². The average molecular weight is 816 g/mol. The second-order valence-corrected chi connectivity index (χ2v) is 19.2. The van der Waals surface area contributed by atoms with Crippen molar-refractivity contribution in [3.63, 3.8) is 0 Å². The van der Waals surface area contributed by atoms with Gasteiger partial charge in [-0.25, -0.2) is 27.0 Å². The van der Waals surface area contributed by atoms with Gasteiger partial charge in [-0.3, -0.25) is 24.0 Å². The van der Waals surface area contributed by atoms with Crippen LogP contribution in [0.5, 0.6) is 11.5 Å².